The molecule has 2 aromatic heterocycles. The first kappa shape index (κ1) is 22.3. The van der Waals surface area contributed by atoms with E-state index in [-0.39, 0.29) is 17.6 Å². The summed E-state index contributed by atoms with van der Waals surface area (Å²) in [6, 6.07) is 14.5. The van der Waals surface area contributed by atoms with Crippen LogP contribution in [0, 0.1) is 0 Å². The third-order valence-corrected chi connectivity index (χ3v) is 4.89. The smallest absolute Gasteiger partial charge is 0.369 e. The Labute approximate surface area is 187 Å². The van der Waals surface area contributed by atoms with Crippen molar-refractivity contribution in [2.75, 3.05) is 14.1 Å². The van der Waals surface area contributed by atoms with Crippen molar-refractivity contribution in [1.29, 1.82) is 0 Å². The number of aromatic nitrogens is 4. The van der Waals surface area contributed by atoms with E-state index in [0.29, 0.717) is 17.9 Å². The van der Waals surface area contributed by atoms with E-state index < -0.39 is 17.3 Å². The summed E-state index contributed by atoms with van der Waals surface area (Å²) in [6.07, 6.45) is -1.61. The van der Waals surface area contributed by atoms with Gasteiger partial charge in [-0.25, -0.2) is 14.7 Å². The fourth-order valence-corrected chi connectivity index (χ4v) is 3.37. The summed E-state index contributed by atoms with van der Waals surface area (Å²) in [4.78, 5) is 23.8. The van der Waals surface area contributed by atoms with Crippen molar-refractivity contribution in [3.8, 4) is 0 Å². The van der Waals surface area contributed by atoms with Gasteiger partial charge in [-0.05, 0) is 23.3 Å². The van der Waals surface area contributed by atoms with E-state index in [2.05, 4.69) is 15.1 Å². The number of nitrogens with zero attached hydrogens (tertiary/aromatic N) is 6. The maximum Gasteiger partial charge on any atom is 0.416 e. The van der Waals surface area contributed by atoms with Gasteiger partial charge in [0.05, 0.1) is 25.0 Å². The Morgan fingerprint density at radius 3 is 2.45 bits per heavy atom. The van der Waals surface area contributed by atoms with E-state index in [4.69, 9.17) is 0 Å². The average Bonchev–Trinajstić information content (AvgIpc) is 3.12. The highest BCUT2D eigenvalue weighted by Crippen LogP contribution is 2.29. The van der Waals surface area contributed by atoms with Gasteiger partial charge in [-0.1, -0.05) is 42.5 Å². The molecule has 7 nitrogen and oxygen atoms in total. The second-order valence-corrected chi connectivity index (χ2v) is 7.75. The predicted molar refractivity (Wildman–Crippen MR) is 120 cm³/mol. The monoisotopic (exact) mass is 454 g/mol. The number of alkyl halides is 3. The van der Waals surface area contributed by atoms with E-state index in [0.717, 1.165) is 17.7 Å². The van der Waals surface area contributed by atoms with Crippen LogP contribution >= 0.6 is 0 Å². The van der Waals surface area contributed by atoms with Crippen LogP contribution in [0.2, 0.25) is 0 Å². The van der Waals surface area contributed by atoms with Crippen molar-refractivity contribution >= 4 is 23.2 Å². The summed E-state index contributed by atoms with van der Waals surface area (Å²) in [6.45, 7) is 0.316. The molecule has 0 saturated carbocycles. The predicted octanol–water partition coefficient (Wildman–Crippen LogP) is 3.93. The Bertz CT molecular complexity index is 1360. The lowest BCUT2D eigenvalue weighted by molar-refractivity contribution is -0.137. The van der Waals surface area contributed by atoms with Crippen molar-refractivity contribution in [3.05, 3.63) is 88.0 Å². The molecule has 4 rings (SSSR count). The number of benzene rings is 2. The summed E-state index contributed by atoms with van der Waals surface area (Å²) in [7, 11) is 3.60. The van der Waals surface area contributed by atoms with Gasteiger partial charge in [0.25, 0.3) is 5.56 Å². The van der Waals surface area contributed by atoms with Gasteiger partial charge in [-0.2, -0.15) is 13.2 Å². The first-order chi connectivity index (χ1) is 15.7. The maximum absolute atomic E-state index is 13.3. The van der Waals surface area contributed by atoms with Crippen molar-refractivity contribution in [3.63, 3.8) is 0 Å². The van der Waals surface area contributed by atoms with E-state index >= 15 is 0 Å². The SMILES string of the molecule is CN(C)/C=N/c1c2c(=O)n(Cc3cccc(C(F)(F)F)c3)cnc2nn1Cc1ccccc1. The third kappa shape index (κ3) is 4.94. The van der Waals surface area contributed by atoms with Crippen LogP contribution in [-0.4, -0.2) is 44.7 Å². The number of rotatable bonds is 6. The molecule has 0 aliphatic heterocycles. The standard InChI is InChI=1S/C23H21F3N6O/c1-30(2)14-28-21-19-20(29-32(21)13-16-7-4-3-5-8-16)27-15-31(22(19)33)12-17-9-6-10-18(11-17)23(24,25)26/h3-11,14-15H,12-13H2,1-2H3/b28-14+. The second kappa shape index (κ2) is 8.89. The molecule has 0 atom stereocenters. The van der Waals surface area contributed by atoms with Crippen molar-refractivity contribution in [1.82, 2.24) is 24.2 Å². The number of hydrogen-bond acceptors (Lipinski definition) is 4. The Balaban J connectivity index is 1.79. The number of halogens is 3. The molecule has 33 heavy (non-hydrogen) atoms. The van der Waals surface area contributed by atoms with Gasteiger partial charge in [0.15, 0.2) is 11.5 Å². The Kier molecular flexibility index (Phi) is 5.99. The van der Waals surface area contributed by atoms with Gasteiger partial charge in [-0.3, -0.25) is 9.36 Å². The van der Waals surface area contributed by atoms with Crippen LogP contribution in [0.3, 0.4) is 0 Å². The zero-order valence-electron chi connectivity index (χ0n) is 18.0. The maximum atomic E-state index is 13.3. The minimum atomic E-state index is -4.46. The summed E-state index contributed by atoms with van der Waals surface area (Å²) < 4.78 is 42.1. The molecule has 0 saturated heterocycles. The second-order valence-electron chi connectivity index (χ2n) is 7.75. The molecule has 170 valence electrons. The van der Waals surface area contributed by atoms with E-state index in [1.807, 2.05) is 30.3 Å². The summed E-state index contributed by atoms with van der Waals surface area (Å²) in [5.74, 6) is 0.332. The van der Waals surface area contributed by atoms with Crippen molar-refractivity contribution in [2.45, 2.75) is 19.3 Å². The van der Waals surface area contributed by atoms with Gasteiger partial charge in [0.1, 0.15) is 11.7 Å². The lowest BCUT2D eigenvalue weighted by atomic mass is 10.1. The van der Waals surface area contributed by atoms with Crippen molar-refractivity contribution < 1.29 is 13.2 Å². The van der Waals surface area contributed by atoms with Gasteiger partial charge < -0.3 is 4.90 Å². The molecule has 0 radical (unpaired) electrons. The van der Waals surface area contributed by atoms with Crippen LogP contribution in [0.15, 0.2) is 70.7 Å². The Morgan fingerprint density at radius 1 is 1.03 bits per heavy atom. The molecule has 0 bridgehead atoms. The lowest BCUT2D eigenvalue weighted by Crippen LogP contribution is -2.21. The first-order valence-corrected chi connectivity index (χ1v) is 10.1. The molecule has 10 heteroatoms. The molecule has 0 unspecified atom stereocenters. The quantitative estimate of drug-likeness (QED) is 0.327. The lowest BCUT2D eigenvalue weighted by Gasteiger charge is -2.10. The van der Waals surface area contributed by atoms with Crippen LogP contribution < -0.4 is 5.56 Å². The van der Waals surface area contributed by atoms with Crippen LogP contribution in [0.5, 0.6) is 0 Å². The van der Waals surface area contributed by atoms with Gasteiger partial charge in [0.2, 0.25) is 0 Å². The normalized spacial score (nSPS) is 12.0. The molecule has 0 aliphatic rings. The molecule has 0 aliphatic carbocycles. The van der Waals surface area contributed by atoms with Crippen LogP contribution in [0.25, 0.3) is 11.0 Å². The minimum Gasteiger partial charge on any atom is -0.369 e. The fourth-order valence-electron chi connectivity index (χ4n) is 3.37. The topological polar surface area (TPSA) is 68.3 Å². The van der Waals surface area contributed by atoms with E-state index in [1.165, 1.54) is 23.0 Å². The highest BCUT2D eigenvalue weighted by molar-refractivity contribution is 5.86. The zero-order valence-corrected chi connectivity index (χ0v) is 18.0. The highest BCUT2D eigenvalue weighted by atomic mass is 19.4. The van der Waals surface area contributed by atoms with E-state index in [9.17, 15) is 18.0 Å². The van der Waals surface area contributed by atoms with Crippen LogP contribution in [0.4, 0.5) is 19.0 Å². The van der Waals surface area contributed by atoms with Crippen LogP contribution in [-0.2, 0) is 19.3 Å². The molecule has 0 fully saturated rings. The molecule has 0 N–H and O–H groups in total. The number of fused-ring (bicyclic) bond motifs is 1. The molecule has 2 heterocycles. The first-order valence-electron chi connectivity index (χ1n) is 10.1. The molecule has 0 amide bonds. The third-order valence-electron chi connectivity index (χ3n) is 4.89. The zero-order chi connectivity index (χ0) is 23.6. The molecule has 0 spiro atoms. The van der Waals surface area contributed by atoms with Crippen molar-refractivity contribution in [2.24, 2.45) is 4.99 Å². The summed E-state index contributed by atoms with van der Waals surface area (Å²) >= 11 is 0. The highest BCUT2D eigenvalue weighted by Gasteiger charge is 2.30. The summed E-state index contributed by atoms with van der Waals surface area (Å²) in [5.41, 5.74) is 0.331. The Hall–Kier alpha value is -3.95. The number of hydrogen-bond donors (Lipinski definition) is 0. The van der Waals surface area contributed by atoms with Gasteiger partial charge in [-0.15, -0.1) is 5.10 Å². The van der Waals surface area contributed by atoms with Gasteiger partial charge >= 0.3 is 6.18 Å². The molecule has 2 aromatic carbocycles. The van der Waals surface area contributed by atoms with E-state index in [1.54, 1.807) is 30.0 Å². The molecular formula is C23H21F3N6O. The minimum absolute atomic E-state index is 0.0631. The van der Waals surface area contributed by atoms with Gasteiger partial charge in [0, 0.05) is 14.1 Å². The molecule has 4 aromatic rings. The molecular weight excluding hydrogens is 433 g/mol. The fraction of sp³-hybridized carbons (Fsp3) is 0.217. The number of aliphatic imine (C=N–C) groups is 1. The van der Waals surface area contributed by atoms with Crippen LogP contribution in [0.1, 0.15) is 16.7 Å². The average molecular weight is 454 g/mol. The largest absolute Gasteiger partial charge is 0.416 e. The Morgan fingerprint density at radius 2 is 1.76 bits per heavy atom. The summed E-state index contributed by atoms with van der Waals surface area (Å²) in [5, 5.41) is 4.66.